The van der Waals surface area contributed by atoms with Crippen LogP contribution >= 0.6 is 0 Å². The van der Waals surface area contributed by atoms with E-state index in [1.54, 1.807) is 0 Å². The Kier molecular flexibility index (Phi) is 4.65. The SMILES string of the molecule is CCOC(=O)c1nnn(CCCO)c1C(F)(F)F. The number of esters is 1. The molecule has 0 spiro atoms. The minimum atomic E-state index is -4.76. The molecule has 1 rings (SSSR count). The fourth-order valence-corrected chi connectivity index (χ4v) is 1.31. The van der Waals surface area contributed by atoms with Crippen LogP contribution in [-0.4, -0.2) is 39.3 Å². The van der Waals surface area contributed by atoms with Gasteiger partial charge in [-0.05, 0) is 13.3 Å². The second-order valence-corrected chi connectivity index (χ2v) is 3.31. The topological polar surface area (TPSA) is 77.2 Å². The number of rotatable bonds is 5. The number of ether oxygens (including phenoxy) is 1. The summed E-state index contributed by atoms with van der Waals surface area (Å²) in [5.74, 6) is -1.17. The molecular formula is C9H12F3N3O3. The third-order valence-corrected chi connectivity index (χ3v) is 2.00. The van der Waals surface area contributed by atoms with Crippen molar-refractivity contribution in [2.45, 2.75) is 26.1 Å². The van der Waals surface area contributed by atoms with Crippen molar-refractivity contribution < 1.29 is 27.8 Å². The van der Waals surface area contributed by atoms with Gasteiger partial charge >= 0.3 is 12.1 Å². The van der Waals surface area contributed by atoms with Crippen molar-refractivity contribution >= 4 is 5.97 Å². The van der Waals surface area contributed by atoms with Crippen LogP contribution in [0.15, 0.2) is 0 Å². The van der Waals surface area contributed by atoms with Gasteiger partial charge in [0.1, 0.15) is 0 Å². The standard InChI is InChI=1S/C9H12F3N3O3/c1-2-18-8(17)6-7(9(10,11)12)15(14-13-6)4-3-5-16/h16H,2-5H2,1H3. The quantitative estimate of drug-likeness (QED) is 0.800. The predicted octanol–water partition coefficient (Wildman–Crippen LogP) is 0.856. The monoisotopic (exact) mass is 267 g/mol. The van der Waals surface area contributed by atoms with Crippen molar-refractivity contribution in [3.63, 3.8) is 0 Å². The maximum atomic E-state index is 12.8. The molecule has 6 nitrogen and oxygen atoms in total. The highest BCUT2D eigenvalue weighted by atomic mass is 19.4. The summed E-state index contributed by atoms with van der Waals surface area (Å²) in [5.41, 5.74) is -2.11. The molecule has 1 aromatic rings. The van der Waals surface area contributed by atoms with E-state index < -0.39 is 23.5 Å². The first-order valence-corrected chi connectivity index (χ1v) is 5.20. The normalized spacial score (nSPS) is 11.6. The number of carbonyl (C=O) groups is 1. The molecule has 18 heavy (non-hydrogen) atoms. The number of hydrogen-bond acceptors (Lipinski definition) is 5. The van der Waals surface area contributed by atoms with Crippen molar-refractivity contribution in [3.05, 3.63) is 11.4 Å². The van der Waals surface area contributed by atoms with Crippen LogP contribution < -0.4 is 0 Å². The van der Waals surface area contributed by atoms with E-state index in [9.17, 15) is 18.0 Å². The van der Waals surface area contributed by atoms with E-state index in [1.807, 2.05) is 0 Å². The van der Waals surface area contributed by atoms with Gasteiger partial charge in [0, 0.05) is 13.2 Å². The average Bonchev–Trinajstić information content (AvgIpc) is 2.70. The zero-order chi connectivity index (χ0) is 13.8. The lowest BCUT2D eigenvalue weighted by Crippen LogP contribution is -2.20. The van der Waals surface area contributed by atoms with Gasteiger partial charge in [-0.2, -0.15) is 13.2 Å². The predicted molar refractivity (Wildman–Crippen MR) is 52.7 cm³/mol. The Hall–Kier alpha value is -1.64. The number of nitrogens with zero attached hydrogens (tertiary/aromatic N) is 3. The summed E-state index contributed by atoms with van der Waals surface area (Å²) in [7, 11) is 0. The molecular weight excluding hydrogens is 255 g/mol. The molecule has 0 aromatic carbocycles. The molecule has 0 amide bonds. The van der Waals surface area contributed by atoms with Crippen LogP contribution in [0.25, 0.3) is 0 Å². The second-order valence-electron chi connectivity index (χ2n) is 3.31. The minimum Gasteiger partial charge on any atom is -0.461 e. The molecule has 1 heterocycles. The minimum absolute atomic E-state index is 0.0559. The molecule has 0 saturated carbocycles. The Morgan fingerprint density at radius 1 is 1.50 bits per heavy atom. The number of carbonyl (C=O) groups excluding carboxylic acids is 1. The molecule has 0 aliphatic rings. The van der Waals surface area contributed by atoms with Crippen molar-refractivity contribution in [2.75, 3.05) is 13.2 Å². The number of halogens is 3. The molecule has 0 aliphatic carbocycles. The van der Waals surface area contributed by atoms with E-state index in [0.717, 1.165) is 0 Å². The maximum Gasteiger partial charge on any atom is 0.435 e. The summed E-state index contributed by atoms with van der Waals surface area (Å²) < 4.78 is 43.4. The molecule has 1 aromatic heterocycles. The maximum absolute atomic E-state index is 12.8. The zero-order valence-electron chi connectivity index (χ0n) is 9.57. The summed E-state index contributed by atoms with van der Waals surface area (Å²) >= 11 is 0. The van der Waals surface area contributed by atoms with Gasteiger partial charge in [0.25, 0.3) is 0 Å². The van der Waals surface area contributed by atoms with Crippen molar-refractivity contribution in [2.24, 2.45) is 0 Å². The molecule has 0 bridgehead atoms. The van der Waals surface area contributed by atoms with E-state index >= 15 is 0 Å². The Labute approximate surface area is 100 Å². The fraction of sp³-hybridized carbons (Fsp3) is 0.667. The molecule has 102 valence electrons. The Bertz CT molecular complexity index is 417. The van der Waals surface area contributed by atoms with Crippen LogP contribution in [0.3, 0.4) is 0 Å². The number of aliphatic hydroxyl groups is 1. The molecule has 1 N–H and O–H groups in total. The molecule has 0 unspecified atom stereocenters. The number of aliphatic hydroxyl groups excluding tert-OH is 1. The van der Waals surface area contributed by atoms with Gasteiger partial charge in [-0.1, -0.05) is 5.21 Å². The van der Waals surface area contributed by atoms with Crippen LogP contribution in [-0.2, 0) is 17.5 Å². The lowest BCUT2D eigenvalue weighted by Gasteiger charge is -2.10. The number of alkyl halides is 3. The lowest BCUT2D eigenvalue weighted by molar-refractivity contribution is -0.144. The van der Waals surface area contributed by atoms with E-state index in [-0.39, 0.29) is 26.2 Å². The summed E-state index contributed by atoms with van der Waals surface area (Å²) in [5, 5.41) is 15.0. The highest BCUT2D eigenvalue weighted by Gasteiger charge is 2.41. The summed E-state index contributed by atoms with van der Waals surface area (Å²) in [4.78, 5) is 11.3. The van der Waals surface area contributed by atoms with Gasteiger partial charge in [0.2, 0.25) is 5.69 Å². The molecule has 0 fully saturated rings. The first kappa shape index (κ1) is 14.4. The molecule has 0 radical (unpaired) electrons. The van der Waals surface area contributed by atoms with Crippen LogP contribution in [0.5, 0.6) is 0 Å². The first-order valence-electron chi connectivity index (χ1n) is 5.20. The highest BCUT2D eigenvalue weighted by Crippen LogP contribution is 2.31. The van der Waals surface area contributed by atoms with Gasteiger partial charge in [0.05, 0.1) is 6.61 Å². The van der Waals surface area contributed by atoms with Gasteiger partial charge in [-0.3, -0.25) is 0 Å². The summed E-state index contributed by atoms with van der Waals surface area (Å²) in [6.07, 6.45) is -4.68. The fourth-order valence-electron chi connectivity index (χ4n) is 1.31. The lowest BCUT2D eigenvalue weighted by atomic mass is 10.3. The van der Waals surface area contributed by atoms with Crippen LogP contribution in [0.2, 0.25) is 0 Å². The summed E-state index contributed by atoms with van der Waals surface area (Å²) in [6.45, 7) is 0.949. The highest BCUT2D eigenvalue weighted by molar-refractivity contribution is 5.88. The number of hydrogen-bond donors (Lipinski definition) is 1. The Morgan fingerprint density at radius 2 is 2.17 bits per heavy atom. The molecule has 0 saturated heterocycles. The van der Waals surface area contributed by atoms with Gasteiger partial charge in [-0.15, -0.1) is 5.10 Å². The van der Waals surface area contributed by atoms with Crippen LogP contribution in [0.4, 0.5) is 13.2 Å². The van der Waals surface area contributed by atoms with Gasteiger partial charge in [-0.25, -0.2) is 9.48 Å². The van der Waals surface area contributed by atoms with Gasteiger partial charge < -0.3 is 9.84 Å². The number of aromatic nitrogens is 3. The Balaban J connectivity index is 3.11. The van der Waals surface area contributed by atoms with E-state index in [1.165, 1.54) is 6.92 Å². The van der Waals surface area contributed by atoms with Crippen molar-refractivity contribution in [3.8, 4) is 0 Å². The number of aryl methyl sites for hydroxylation is 1. The first-order chi connectivity index (χ1) is 8.41. The smallest absolute Gasteiger partial charge is 0.435 e. The van der Waals surface area contributed by atoms with Crippen LogP contribution in [0.1, 0.15) is 29.5 Å². The third-order valence-electron chi connectivity index (χ3n) is 2.00. The van der Waals surface area contributed by atoms with E-state index in [4.69, 9.17) is 5.11 Å². The van der Waals surface area contributed by atoms with E-state index in [2.05, 4.69) is 15.0 Å². The van der Waals surface area contributed by atoms with Crippen molar-refractivity contribution in [1.29, 1.82) is 0 Å². The molecule has 9 heteroatoms. The van der Waals surface area contributed by atoms with Crippen molar-refractivity contribution in [1.82, 2.24) is 15.0 Å². The van der Waals surface area contributed by atoms with E-state index in [0.29, 0.717) is 4.68 Å². The average molecular weight is 267 g/mol. The summed E-state index contributed by atoms with van der Waals surface area (Å²) in [6, 6.07) is 0. The second kappa shape index (κ2) is 5.80. The van der Waals surface area contributed by atoms with Crippen LogP contribution in [0, 0.1) is 0 Å². The zero-order valence-corrected chi connectivity index (χ0v) is 9.57. The third kappa shape index (κ3) is 3.19. The Morgan fingerprint density at radius 3 is 2.67 bits per heavy atom. The molecule has 0 aliphatic heterocycles. The van der Waals surface area contributed by atoms with Gasteiger partial charge in [0.15, 0.2) is 5.69 Å². The molecule has 0 atom stereocenters. The largest absolute Gasteiger partial charge is 0.461 e.